The van der Waals surface area contributed by atoms with Crippen LogP contribution in [0.1, 0.15) is 28.5 Å². The Bertz CT molecular complexity index is 1010. The predicted octanol–water partition coefficient (Wildman–Crippen LogP) is 4.16. The fourth-order valence-electron chi connectivity index (χ4n) is 2.75. The zero-order valence-corrected chi connectivity index (χ0v) is 17.8. The number of methoxy groups -OCH3 is 2. The second kappa shape index (κ2) is 9.89. The van der Waals surface area contributed by atoms with Crippen LogP contribution in [-0.2, 0) is 17.6 Å². The van der Waals surface area contributed by atoms with Crippen molar-refractivity contribution in [3.05, 3.63) is 64.7 Å². The van der Waals surface area contributed by atoms with Gasteiger partial charge in [-0.2, -0.15) is 0 Å². The lowest BCUT2D eigenvalue weighted by atomic mass is 10.1. The van der Waals surface area contributed by atoms with Crippen molar-refractivity contribution in [2.24, 2.45) is 0 Å². The molecule has 0 saturated carbocycles. The number of rotatable bonds is 8. The summed E-state index contributed by atoms with van der Waals surface area (Å²) < 4.78 is 10.4. The number of amides is 2. The van der Waals surface area contributed by atoms with Gasteiger partial charge in [0.1, 0.15) is 11.5 Å². The summed E-state index contributed by atoms with van der Waals surface area (Å²) >= 11 is 1.26. The molecule has 0 aliphatic rings. The van der Waals surface area contributed by atoms with Gasteiger partial charge in [-0.3, -0.25) is 14.9 Å². The Kier molecular flexibility index (Phi) is 7.03. The van der Waals surface area contributed by atoms with Crippen molar-refractivity contribution in [2.75, 3.05) is 24.9 Å². The van der Waals surface area contributed by atoms with Crippen molar-refractivity contribution in [2.45, 2.75) is 19.8 Å². The van der Waals surface area contributed by atoms with Crippen LogP contribution in [0.5, 0.6) is 11.5 Å². The van der Waals surface area contributed by atoms with E-state index in [1.165, 1.54) is 31.1 Å². The Morgan fingerprint density at radius 2 is 1.67 bits per heavy atom. The Hall–Kier alpha value is -3.39. The average Bonchev–Trinajstić information content (AvgIpc) is 3.20. The molecule has 0 aliphatic heterocycles. The molecule has 8 heteroatoms. The summed E-state index contributed by atoms with van der Waals surface area (Å²) in [6.45, 7) is 2.08. The topological polar surface area (TPSA) is 89.6 Å². The molecule has 0 atom stereocenters. The molecule has 0 radical (unpaired) electrons. The molecular weight excluding hydrogens is 402 g/mol. The number of anilines is 2. The van der Waals surface area contributed by atoms with Crippen molar-refractivity contribution in [3.63, 3.8) is 0 Å². The number of benzene rings is 2. The Balaban J connectivity index is 1.60. The van der Waals surface area contributed by atoms with Crippen molar-refractivity contribution in [1.82, 2.24) is 4.98 Å². The summed E-state index contributed by atoms with van der Waals surface area (Å²) in [5.41, 5.74) is 2.92. The van der Waals surface area contributed by atoms with Crippen LogP contribution in [0.4, 0.5) is 10.8 Å². The smallest absolute Gasteiger partial charge is 0.257 e. The third-order valence-electron chi connectivity index (χ3n) is 4.37. The Morgan fingerprint density at radius 3 is 2.27 bits per heavy atom. The zero-order chi connectivity index (χ0) is 21.5. The van der Waals surface area contributed by atoms with E-state index < -0.39 is 0 Å². The lowest BCUT2D eigenvalue weighted by Gasteiger charge is -2.08. The maximum atomic E-state index is 12.5. The number of aryl methyl sites for hydroxylation is 1. The minimum Gasteiger partial charge on any atom is -0.497 e. The maximum absolute atomic E-state index is 12.5. The van der Waals surface area contributed by atoms with Crippen LogP contribution in [0.25, 0.3) is 0 Å². The average molecular weight is 426 g/mol. The molecule has 0 spiro atoms. The molecule has 0 fully saturated rings. The number of hydrogen-bond donors (Lipinski definition) is 2. The van der Waals surface area contributed by atoms with Crippen LogP contribution >= 0.6 is 11.3 Å². The largest absolute Gasteiger partial charge is 0.497 e. The lowest BCUT2D eigenvalue weighted by Crippen LogP contribution is -2.15. The second-order valence-electron chi connectivity index (χ2n) is 6.47. The molecule has 7 nitrogen and oxygen atoms in total. The highest BCUT2D eigenvalue weighted by atomic mass is 32.1. The number of hydrogen-bond acceptors (Lipinski definition) is 6. The van der Waals surface area contributed by atoms with Gasteiger partial charge in [-0.05, 0) is 36.2 Å². The minimum atomic E-state index is -0.339. The van der Waals surface area contributed by atoms with E-state index in [2.05, 4.69) is 22.5 Å². The molecule has 0 bridgehead atoms. The zero-order valence-electron chi connectivity index (χ0n) is 17.0. The highest BCUT2D eigenvalue weighted by molar-refractivity contribution is 7.14. The predicted molar refractivity (Wildman–Crippen MR) is 118 cm³/mol. The van der Waals surface area contributed by atoms with Crippen LogP contribution in [0.15, 0.2) is 47.8 Å². The van der Waals surface area contributed by atoms with Crippen LogP contribution in [0.3, 0.4) is 0 Å². The Morgan fingerprint density at radius 1 is 1.00 bits per heavy atom. The monoisotopic (exact) mass is 425 g/mol. The van der Waals surface area contributed by atoms with Crippen molar-refractivity contribution >= 4 is 34.0 Å². The van der Waals surface area contributed by atoms with Gasteiger partial charge < -0.3 is 14.8 Å². The van der Waals surface area contributed by atoms with Gasteiger partial charge in [-0.1, -0.05) is 19.1 Å². The number of nitrogens with zero attached hydrogens (tertiary/aromatic N) is 1. The summed E-state index contributed by atoms with van der Waals surface area (Å²) in [6, 6.07) is 12.6. The fourth-order valence-corrected chi connectivity index (χ4v) is 3.45. The summed E-state index contributed by atoms with van der Waals surface area (Å²) in [6.07, 6.45) is 1.07. The number of carbonyl (C=O) groups excluding carboxylic acids is 2. The number of thiazole rings is 1. The highest BCUT2D eigenvalue weighted by Gasteiger charge is 2.13. The third-order valence-corrected chi connectivity index (χ3v) is 5.18. The summed E-state index contributed by atoms with van der Waals surface area (Å²) in [7, 11) is 3.04. The van der Waals surface area contributed by atoms with Gasteiger partial charge in [0.25, 0.3) is 5.91 Å². The second-order valence-corrected chi connectivity index (χ2v) is 7.33. The van der Waals surface area contributed by atoms with Gasteiger partial charge in [0.15, 0.2) is 5.13 Å². The molecule has 0 saturated heterocycles. The van der Waals surface area contributed by atoms with Gasteiger partial charge in [0, 0.05) is 22.7 Å². The van der Waals surface area contributed by atoms with Gasteiger partial charge in [0.05, 0.1) is 26.3 Å². The molecule has 2 amide bonds. The number of nitrogens with one attached hydrogen (secondary N) is 2. The number of ether oxygens (including phenoxy) is 2. The first-order valence-electron chi connectivity index (χ1n) is 9.38. The standard InChI is InChI=1S/C22H23N3O4S/c1-4-14-5-7-16(8-6-14)23-20(26)11-17-13-30-22(24-17)25-21(27)15-9-18(28-2)12-19(10-15)29-3/h5-10,12-13H,4,11H2,1-3H3,(H,23,26)(H,24,25,27). The van der Waals surface area contributed by atoms with Crippen LogP contribution in [0.2, 0.25) is 0 Å². The van der Waals surface area contributed by atoms with E-state index in [9.17, 15) is 9.59 Å². The molecule has 2 aromatic carbocycles. The molecule has 2 N–H and O–H groups in total. The van der Waals surface area contributed by atoms with Crippen LogP contribution in [0, 0.1) is 0 Å². The van der Waals surface area contributed by atoms with E-state index in [1.807, 2.05) is 24.3 Å². The molecule has 156 valence electrons. The molecule has 0 unspecified atom stereocenters. The molecule has 1 aromatic heterocycles. The lowest BCUT2D eigenvalue weighted by molar-refractivity contribution is -0.115. The van der Waals surface area contributed by atoms with E-state index in [0.29, 0.717) is 27.9 Å². The molecule has 3 aromatic rings. The van der Waals surface area contributed by atoms with Gasteiger partial charge in [-0.15, -0.1) is 11.3 Å². The highest BCUT2D eigenvalue weighted by Crippen LogP contribution is 2.24. The van der Waals surface area contributed by atoms with Crippen molar-refractivity contribution in [1.29, 1.82) is 0 Å². The molecule has 30 heavy (non-hydrogen) atoms. The van der Waals surface area contributed by atoms with Crippen molar-refractivity contribution in [3.8, 4) is 11.5 Å². The number of carbonyl (C=O) groups is 2. The quantitative estimate of drug-likeness (QED) is 0.566. The van der Waals surface area contributed by atoms with Gasteiger partial charge in [0.2, 0.25) is 5.91 Å². The normalized spacial score (nSPS) is 10.4. The van der Waals surface area contributed by atoms with E-state index in [1.54, 1.807) is 23.6 Å². The molecule has 3 rings (SSSR count). The van der Waals surface area contributed by atoms with Crippen molar-refractivity contribution < 1.29 is 19.1 Å². The number of aromatic nitrogens is 1. The molecular formula is C22H23N3O4S. The van der Waals surface area contributed by atoms with E-state index >= 15 is 0 Å². The first-order chi connectivity index (χ1) is 14.5. The summed E-state index contributed by atoms with van der Waals surface area (Å²) in [5.74, 6) is 0.527. The van der Waals surface area contributed by atoms with E-state index in [0.717, 1.165) is 12.1 Å². The first kappa shape index (κ1) is 21.3. The maximum Gasteiger partial charge on any atom is 0.257 e. The van der Waals surface area contributed by atoms with Gasteiger partial charge in [-0.25, -0.2) is 4.98 Å². The van der Waals surface area contributed by atoms with E-state index in [-0.39, 0.29) is 18.2 Å². The van der Waals surface area contributed by atoms with E-state index in [4.69, 9.17) is 9.47 Å². The van der Waals surface area contributed by atoms with Gasteiger partial charge >= 0.3 is 0 Å². The van der Waals surface area contributed by atoms with Crippen LogP contribution in [-0.4, -0.2) is 31.0 Å². The fraction of sp³-hybridized carbons (Fsp3) is 0.227. The molecule has 1 heterocycles. The van der Waals surface area contributed by atoms with Crippen LogP contribution < -0.4 is 20.1 Å². The third kappa shape index (κ3) is 5.57. The summed E-state index contributed by atoms with van der Waals surface area (Å²) in [5, 5.41) is 7.76. The SMILES string of the molecule is CCc1ccc(NC(=O)Cc2csc(NC(=O)c3cc(OC)cc(OC)c3)n2)cc1. The summed E-state index contributed by atoms with van der Waals surface area (Å²) in [4.78, 5) is 29.1. The first-order valence-corrected chi connectivity index (χ1v) is 10.3. The molecule has 0 aliphatic carbocycles. The minimum absolute atomic E-state index is 0.120. The Labute approximate surface area is 179 Å².